The summed E-state index contributed by atoms with van der Waals surface area (Å²) in [6, 6.07) is 4.55. The van der Waals surface area contributed by atoms with Crippen LogP contribution in [-0.4, -0.2) is 17.1 Å². The highest BCUT2D eigenvalue weighted by atomic mass is 16.6. The van der Waals surface area contributed by atoms with Crippen LogP contribution < -0.4 is 9.47 Å². The summed E-state index contributed by atoms with van der Waals surface area (Å²) in [5, 5.41) is 10.8. The number of nitro groups is 1. The Hall–Kier alpha value is -1.78. The number of nitrogens with zero attached hydrogens (tertiary/aromatic N) is 1. The Morgan fingerprint density at radius 2 is 1.94 bits per heavy atom. The molecular formula is C12H15NO4. The maximum Gasteiger partial charge on any atom is 0.276 e. The summed E-state index contributed by atoms with van der Waals surface area (Å²) in [7, 11) is 0. The zero-order chi connectivity index (χ0) is 12.4. The van der Waals surface area contributed by atoms with Crippen LogP contribution in [0.3, 0.4) is 0 Å². The van der Waals surface area contributed by atoms with Gasteiger partial charge in [-0.15, -0.1) is 0 Å². The molecule has 0 amide bonds. The lowest BCUT2D eigenvalue weighted by molar-refractivity contribution is -0.385. The van der Waals surface area contributed by atoms with Gasteiger partial charge in [0.1, 0.15) is 11.5 Å². The molecule has 0 radical (unpaired) electrons. The number of hydrogen-bond donors (Lipinski definition) is 0. The minimum absolute atomic E-state index is 0.00111. The zero-order valence-electron chi connectivity index (χ0n) is 9.88. The SMILES string of the molecule is CC(C)Oc1cc(OC2CC2)cc([N+](=O)[O-])c1. The molecule has 1 aliphatic carbocycles. The van der Waals surface area contributed by atoms with Crippen LogP contribution in [0.1, 0.15) is 26.7 Å². The molecule has 0 saturated heterocycles. The van der Waals surface area contributed by atoms with Gasteiger partial charge in [-0.2, -0.15) is 0 Å². The number of rotatable bonds is 5. The van der Waals surface area contributed by atoms with Gasteiger partial charge in [-0.3, -0.25) is 10.1 Å². The van der Waals surface area contributed by atoms with Gasteiger partial charge in [0.25, 0.3) is 5.69 Å². The van der Waals surface area contributed by atoms with E-state index in [2.05, 4.69) is 0 Å². The third-order valence-electron chi connectivity index (χ3n) is 2.27. The Balaban J connectivity index is 2.23. The fourth-order valence-corrected chi connectivity index (χ4v) is 1.45. The summed E-state index contributed by atoms with van der Waals surface area (Å²) in [5.41, 5.74) is -0.00111. The van der Waals surface area contributed by atoms with E-state index < -0.39 is 4.92 Å². The lowest BCUT2D eigenvalue weighted by Gasteiger charge is -2.11. The molecule has 0 heterocycles. The van der Waals surface area contributed by atoms with Crippen molar-refractivity contribution >= 4 is 5.69 Å². The molecule has 2 rings (SSSR count). The largest absolute Gasteiger partial charge is 0.491 e. The van der Waals surface area contributed by atoms with Gasteiger partial charge in [-0.25, -0.2) is 0 Å². The van der Waals surface area contributed by atoms with Crippen LogP contribution in [0.4, 0.5) is 5.69 Å². The Labute approximate surface area is 99.5 Å². The highest BCUT2D eigenvalue weighted by Crippen LogP contribution is 2.32. The molecule has 5 heteroatoms. The van der Waals surface area contributed by atoms with Crippen molar-refractivity contribution in [1.82, 2.24) is 0 Å². The third kappa shape index (κ3) is 3.34. The smallest absolute Gasteiger partial charge is 0.276 e. The molecule has 1 aliphatic rings. The number of ether oxygens (including phenoxy) is 2. The lowest BCUT2D eigenvalue weighted by atomic mass is 10.3. The monoisotopic (exact) mass is 237 g/mol. The van der Waals surface area contributed by atoms with E-state index in [9.17, 15) is 10.1 Å². The summed E-state index contributed by atoms with van der Waals surface area (Å²) in [6.45, 7) is 3.75. The molecule has 0 N–H and O–H groups in total. The van der Waals surface area contributed by atoms with Crippen molar-refractivity contribution in [2.24, 2.45) is 0 Å². The van der Waals surface area contributed by atoms with Crippen LogP contribution in [0.25, 0.3) is 0 Å². The first-order chi connectivity index (χ1) is 8.04. The van der Waals surface area contributed by atoms with Gasteiger partial charge in [0, 0.05) is 6.07 Å². The van der Waals surface area contributed by atoms with E-state index >= 15 is 0 Å². The maximum atomic E-state index is 10.8. The van der Waals surface area contributed by atoms with Crippen molar-refractivity contribution in [3.05, 3.63) is 28.3 Å². The van der Waals surface area contributed by atoms with Gasteiger partial charge in [0.15, 0.2) is 0 Å². The molecule has 0 atom stereocenters. The van der Waals surface area contributed by atoms with Crippen LogP contribution >= 0.6 is 0 Å². The normalized spacial score (nSPS) is 14.8. The van der Waals surface area contributed by atoms with Crippen molar-refractivity contribution < 1.29 is 14.4 Å². The summed E-state index contributed by atoms with van der Waals surface area (Å²) >= 11 is 0. The number of non-ortho nitro benzene ring substituents is 1. The van der Waals surface area contributed by atoms with E-state index in [1.54, 1.807) is 6.07 Å². The van der Waals surface area contributed by atoms with E-state index in [0.717, 1.165) is 12.8 Å². The van der Waals surface area contributed by atoms with E-state index in [4.69, 9.17) is 9.47 Å². The molecule has 0 aromatic heterocycles. The quantitative estimate of drug-likeness (QED) is 0.583. The Morgan fingerprint density at radius 3 is 2.47 bits per heavy atom. The van der Waals surface area contributed by atoms with Crippen molar-refractivity contribution in [3.63, 3.8) is 0 Å². The first-order valence-corrected chi connectivity index (χ1v) is 5.67. The molecule has 0 unspecified atom stereocenters. The second-order valence-electron chi connectivity index (χ2n) is 4.40. The van der Waals surface area contributed by atoms with Crippen LogP contribution in [0.15, 0.2) is 18.2 Å². The predicted octanol–water partition coefficient (Wildman–Crippen LogP) is 2.92. The van der Waals surface area contributed by atoms with Gasteiger partial charge < -0.3 is 9.47 Å². The molecule has 17 heavy (non-hydrogen) atoms. The molecule has 0 bridgehead atoms. The average molecular weight is 237 g/mol. The number of nitro benzene ring substituents is 1. The molecule has 1 fully saturated rings. The second kappa shape index (κ2) is 4.61. The lowest BCUT2D eigenvalue weighted by Crippen LogP contribution is -2.06. The minimum atomic E-state index is -0.438. The fraction of sp³-hybridized carbons (Fsp3) is 0.500. The predicted molar refractivity (Wildman–Crippen MR) is 62.5 cm³/mol. The minimum Gasteiger partial charge on any atom is -0.491 e. The van der Waals surface area contributed by atoms with Crippen molar-refractivity contribution in [2.75, 3.05) is 0 Å². The van der Waals surface area contributed by atoms with Crippen LogP contribution in [0, 0.1) is 10.1 Å². The average Bonchev–Trinajstić information content (AvgIpc) is 3.00. The van der Waals surface area contributed by atoms with Crippen molar-refractivity contribution in [2.45, 2.75) is 38.9 Å². The number of benzene rings is 1. The zero-order valence-corrected chi connectivity index (χ0v) is 9.88. The molecule has 0 spiro atoms. The first kappa shape index (κ1) is 11.7. The summed E-state index contributed by atoms with van der Waals surface area (Å²) in [6.07, 6.45) is 2.22. The standard InChI is InChI=1S/C12H15NO4/c1-8(2)16-11-5-9(13(14)15)6-12(7-11)17-10-3-4-10/h5-8,10H,3-4H2,1-2H3. The van der Waals surface area contributed by atoms with E-state index in [1.807, 2.05) is 13.8 Å². The fourth-order valence-electron chi connectivity index (χ4n) is 1.45. The molecule has 1 aromatic rings. The van der Waals surface area contributed by atoms with Crippen LogP contribution in [0.5, 0.6) is 11.5 Å². The molecule has 0 aliphatic heterocycles. The summed E-state index contributed by atoms with van der Waals surface area (Å²) < 4.78 is 11.0. The highest BCUT2D eigenvalue weighted by molar-refractivity contribution is 5.46. The van der Waals surface area contributed by atoms with Gasteiger partial charge in [0.05, 0.1) is 29.3 Å². The van der Waals surface area contributed by atoms with E-state index in [0.29, 0.717) is 11.5 Å². The van der Waals surface area contributed by atoms with Gasteiger partial charge in [0.2, 0.25) is 0 Å². The molecule has 1 saturated carbocycles. The Kier molecular flexibility index (Phi) is 3.17. The van der Waals surface area contributed by atoms with Crippen molar-refractivity contribution in [3.8, 4) is 11.5 Å². The first-order valence-electron chi connectivity index (χ1n) is 5.67. The van der Waals surface area contributed by atoms with E-state index in [-0.39, 0.29) is 17.9 Å². The van der Waals surface area contributed by atoms with Crippen molar-refractivity contribution in [1.29, 1.82) is 0 Å². The summed E-state index contributed by atoms with van der Waals surface area (Å²) in [5.74, 6) is 0.988. The molecule has 92 valence electrons. The van der Waals surface area contributed by atoms with E-state index in [1.165, 1.54) is 12.1 Å². The van der Waals surface area contributed by atoms with Gasteiger partial charge in [-0.05, 0) is 26.7 Å². The Bertz CT molecular complexity index is 404. The molecule has 1 aromatic carbocycles. The van der Waals surface area contributed by atoms with Gasteiger partial charge >= 0.3 is 0 Å². The number of hydrogen-bond acceptors (Lipinski definition) is 4. The van der Waals surface area contributed by atoms with Crippen LogP contribution in [0.2, 0.25) is 0 Å². The maximum absolute atomic E-state index is 10.8. The third-order valence-corrected chi connectivity index (χ3v) is 2.27. The molecular weight excluding hydrogens is 222 g/mol. The second-order valence-corrected chi connectivity index (χ2v) is 4.40. The topological polar surface area (TPSA) is 61.6 Å². The van der Waals surface area contributed by atoms with Gasteiger partial charge in [-0.1, -0.05) is 0 Å². The Morgan fingerprint density at radius 1 is 1.29 bits per heavy atom. The van der Waals surface area contributed by atoms with Crippen LogP contribution in [-0.2, 0) is 0 Å². The summed E-state index contributed by atoms with van der Waals surface area (Å²) in [4.78, 5) is 10.3. The highest BCUT2D eigenvalue weighted by Gasteiger charge is 2.24. The molecule has 5 nitrogen and oxygen atoms in total.